The van der Waals surface area contributed by atoms with E-state index in [9.17, 15) is 35.2 Å². The van der Waals surface area contributed by atoms with Crippen molar-refractivity contribution in [2.45, 2.75) is 10.9 Å². The summed E-state index contributed by atoms with van der Waals surface area (Å²) in [5, 5.41) is 0. The zero-order valence-electron chi connectivity index (χ0n) is 13.3. The first-order chi connectivity index (χ1) is 12.7. The molecule has 11 heteroatoms. The first-order valence-electron chi connectivity index (χ1n) is 7.40. The predicted octanol–water partition coefficient (Wildman–Crippen LogP) is 2.67. The SMILES string of the molecule is O=C1CN(S(=O)(=O)c2c(F)c(F)c(F)c(F)c2F)[C@H](c2ccccc2)CO1. The van der Waals surface area contributed by atoms with Gasteiger partial charge >= 0.3 is 5.97 Å². The largest absolute Gasteiger partial charge is 0.463 e. The molecule has 5 nitrogen and oxygen atoms in total. The molecule has 1 aliphatic rings. The van der Waals surface area contributed by atoms with E-state index in [0.29, 0.717) is 9.87 Å². The van der Waals surface area contributed by atoms with Gasteiger partial charge in [-0.3, -0.25) is 4.79 Å². The van der Waals surface area contributed by atoms with Gasteiger partial charge in [-0.05, 0) is 5.56 Å². The topological polar surface area (TPSA) is 63.7 Å². The van der Waals surface area contributed by atoms with E-state index >= 15 is 0 Å². The van der Waals surface area contributed by atoms with Crippen molar-refractivity contribution in [3.05, 3.63) is 65.0 Å². The van der Waals surface area contributed by atoms with Gasteiger partial charge in [-0.25, -0.2) is 30.4 Å². The van der Waals surface area contributed by atoms with Gasteiger partial charge in [-0.2, -0.15) is 4.31 Å². The monoisotopic (exact) mass is 407 g/mol. The van der Waals surface area contributed by atoms with Crippen molar-refractivity contribution in [3.8, 4) is 0 Å². The van der Waals surface area contributed by atoms with Crippen molar-refractivity contribution in [2.24, 2.45) is 0 Å². The Hall–Kier alpha value is -2.53. The Morgan fingerprint density at radius 2 is 1.41 bits per heavy atom. The number of halogens is 5. The van der Waals surface area contributed by atoms with Crippen LogP contribution in [0.3, 0.4) is 0 Å². The van der Waals surface area contributed by atoms with Crippen molar-refractivity contribution >= 4 is 16.0 Å². The van der Waals surface area contributed by atoms with Gasteiger partial charge < -0.3 is 4.74 Å². The maximum Gasteiger partial charge on any atom is 0.321 e. The highest BCUT2D eigenvalue weighted by Crippen LogP contribution is 2.34. The van der Waals surface area contributed by atoms with Gasteiger partial charge in [-0.15, -0.1) is 0 Å². The van der Waals surface area contributed by atoms with E-state index in [4.69, 9.17) is 4.74 Å². The molecule has 3 rings (SSSR count). The second kappa shape index (κ2) is 6.89. The second-order valence-electron chi connectivity index (χ2n) is 5.56. The molecule has 1 atom stereocenters. The Morgan fingerprint density at radius 3 is 1.96 bits per heavy atom. The summed E-state index contributed by atoms with van der Waals surface area (Å²) in [6, 6.07) is 6.41. The molecule has 1 fully saturated rings. The van der Waals surface area contributed by atoms with Gasteiger partial charge in [0.15, 0.2) is 28.2 Å². The van der Waals surface area contributed by atoms with Crippen LogP contribution < -0.4 is 0 Å². The average molecular weight is 407 g/mol. The van der Waals surface area contributed by atoms with Gasteiger partial charge in [0.25, 0.3) is 0 Å². The molecule has 0 spiro atoms. The second-order valence-corrected chi connectivity index (χ2v) is 7.39. The molecule has 0 aliphatic carbocycles. The van der Waals surface area contributed by atoms with Gasteiger partial charge in [0.2, 0.25) is 15.8 Å². The van der Waals surface area contributed by atoms with Crippen LogP contribution in [0, 0.1) is 29.1 Å². The molecule has 27 heavy (non-hydrogen) atoms. The Morgan fingerprint density at radius 1 is 0.889 bits per heavy atom. The van der Waals surface area contributed by atoms with Crippen molar-refractivity contribution in [1.82, 2.24) is 4.31 Å². The molecule has 1 heterocycles. The molecule has 0 radical (unpaired) electrons. The molecule has 1 aliphatic heterocycles. The van der Waals surface area contributed by atoms with Gasteiger partial charge in [0, 0.05) is 0 Å². The molecule has 0 saturated carbocycles. The number of carbonyl (C=O) groups is 1. The Labute approximate surface area is 150 Å². The lowest BCUT2D eigenvalue weighted by molar-refractivity contribution is -0.151. The predicted molar refractivity (Wildman–Crippen MR) is 80.3 cm³/mol. The van der Waals surface area contributed by atoms with Crippen LogP contribution >= 0.6 is 0 Å². The maximum absolute atomic E-state index is 14.0. The van der Waals surface area contributed by atoms with E-state index in [-0.39, 0.29) is 0 Å². The number of morpholine rings is 1. The first-order valence-corrected chi connectivity index (χ1v) is 8.84. The summed E-state index contributed by atoms with van der Waals surface area (Å²) in [5.41, 5.74) is 0.303. The fourth-order valence-electron chi connectivity index (χ4n) is 2.66. The minimum absolute atomic E-state index is 0.303. The summed E-state index contributed by atoms with van der Waals surface area (Å²) >= 11 is 0. The van der Waals surface area contributed by atoms with Crippen LogP contribution in [-0.4, -0.2) is 31.8 Å². The number of ether oxygens (including phenoxy) is 1. The van der Waals surface area contributed by atoms with Crippen molar-refractivity contribution in [1.29, 1.82) is 0 Å². The average Bonchev–Trinajstić information content (AvgIpc) is 2.65. The molecular weight excluding hydrogens is 397 g/mol. The number of benzene rings is 2. The molecule has 0 N–H and O–H groups in total. The van der Waals surface area contributed by atoms with Crippen LogP contribution in [0.5, 0.6) is 0 Å². The van der Waals surface area contributed by atoms with E-state index < -0.39 is 69.2 Å². The summed E-state index contributed by atoms with van der Waals surface area (Å²) in [6.07, 6.45) is 0. The summed E-state index contributed by atoms with van der Waals surface area (Å²) in [6.45, 7) is -1.45. The van der Waals surface area contributed by atoms with Crippen molar-refractivity contribution in [3.63, 3.8) is 0 Å². The van der Waals surface area contributed by atoms with Crippen LogP contribution in [0.2, 0.25) is 0 Å². The molecule has 1 saturated heterocycles. The summed E-state index contributed by atoms with van der Waals surface area (Å²) < 4.78 is 98.9. The highest BCUT2D eigenvalue weighted by atomic mass is 32.2. The number of esters is 1. The fourth-order valence-corrected chi connectivity index (χ4v) is 4.32. The molecule has 2 aromatic carbocycles. The molecule has 0 aromatic heterocycles. The van der Waals surface area contributed by atoms with Crippen LogP contribution in [0.1, 0.15) is 11.6 Å². The third-order valence-electron chi connectivity index (χ3n) is 3.96. The lowest BCUT2D eigenvalue weighted by Crippen LogP contribution is -2.46. The minimum atomic E-state index is -5.28. The number of nitrogens with zero attached hydrogens (tertiary/aromatic N) is 1. The third-order valence-corrected chi connectivity index (χ3v) is 5.83. The zero-order chi connectivity index (χ0) is 19.9. The molecule has 144 valence electrons. The smallest absolute Gasteiger partial charge is 0.321 e. The molecular formula is C16H10F5NO4S. The highest BCUT2D eigenvalue weighted by molar-refractivity contribution is 7.89. The fraction of sp³-hybridized carbons (Fsp3) is 0.188. The standard InChI is InChI=1S/C16H10F5NO4S/c17-11-12(18)14(20)16(15(21)13(11)19)27(24,25)22-6-10(23)26-7-9(22)8-4-2-1-3-5-8/h1-5,9H,6-7H2/t9-/m0/s1. The third kappa shape index (κ3) is 3.16. The number of carbonyl (C=O) groups excluding carboxylic acids is 1. The zero-order valence-corrected chi connectivity index (χ0v) is 14.1. The first kappa shape index (κ1) is 19.2. The van der Waals surface area contributed by atoms with Gasteiger partial charge in [0.05, 0.1) is 6.04 Å². The van der Waals surface area contributed by atoms with E-state index in [1.807, 2.05) is 0 Å². The summed E-state index contributed by atoms with van der Waals surface area (Å²) in [7, 11) is -5.28. The molecule has 0 amide bonds. The quantitative estimate of drug-likeness (QED) is 0.340. The highest BCUT2D eigenvalue weighted by Gasteiger charge is 2.43. The van der Waals surface area contributed by atoms with Crippen LogP contribution in [-0.2, 0) is 19.6 Å². The summed E-state index contributed by atoms with van der Waals surface area (Å²) in [5.74, 6) is -13.3. The lowest BCUT2D eigenvalue weighted by Gasteiger charge is -2.34. The van der Waals surface area contributed by atoms with Crippen molar-refractivity contribution in [2.75, 3.05) is 13.2 Å². The van der Waals surface area contributed by atoms with Gasteiger partial charge in [0.1, 0.15) is 13.2 Å². The minimum Gasteiger partial charge on any atom is -0.463 e. The van der Waals surface area contributed by atoms with Crippen LogP contribution in [0.25, 0.3) is 0 Å². The molecule has 2 aromatic rings. The molecule has 0 unspecified atom stereocenters. The number of hydrogen-bond donors (Lipinski definition) is 0. The van der Waals surface area contributed by atoms with Crippen LogP contribution in [0.15, 0.2) is 35.2 Å². The van der Waals surface area contributed by atoms with Crippen LogP contribution in [0.4, 0.5) is 22.0 Å². The van der Waals surface area contributed by atoms with E-state index in [0.717, 1.165) is 0 Å². The van der Waals surface area contributed by atoms with E-state index in [2.05, 4.69) is 0 Å². The molecule has 0 bridgehead atoms. The maximum atomic E-state index is 14.0. The number of hydrogen-bond acceptors (Lipinski definition) is 4. The Balaban J connectivity index is 2.19. The summed E-state index contributed by atoms with van der Waals surface area (Å²) in [4.78, 5) is 9.54. The van der Waals surface area contributed by atoms with Crippen molar-refractivity contribution < 1.29 is 39.9 Å². The van der Waals surface area contributed by atoms with E-state index in [1.54, 1.807) is 6.07 Å². The lowest BCUT2D eigenvalue weighted by atomic mass is 10.1. The van der Waals surface area contributed by atoms with E-state index in [1.165, 1.54) is 24.3 Å². The number of sulfonamides is 1. The Bertz CT molecular complexity index is 984. The van der Waals surface area contributed by atoms with Gasteiger partial charge in [-0.1, -0.05) is 30.3 Å². The normalized spacial score (nSPS) is 18.4. The Kier molecular flexibility index (Phi) is 4.91. The number of cyclic esters (lactones) is 1. The number of rotatable bonds is 3.